The van der Waals surface area contributed by atoms with E-state index in [9.17, 15) is 29.7 Å². The van der Waals surface area contributed by atoms with Gasteiger partial charge in [0, 0.05) is 47.2 Å². The van der Waals surface area contributed by atoms with E-state index in [0.717, 1.165) is 17.5 Å². The fourth-order valence-corrected chi connectivity index (χ4v) is 9.62. The van der Waals surface area contributed by atoms with Crippen LogP contribution in [0.4, 0.5) is 5.82 Å². The van der Waals surface area contributed by atoms with Gasteiger partial charge in [-0.2, -0.15) is 0 Å². The second kappa shape index (κ2) is 20.6. The molecule has 0 saturated carbocycles. The number of aliphatic hydroxyl groups is 3. The van der Waals surface area contributed by atoms with Gasteiger partial charge in [0.1, 0.15) is 34.3 Å². The third-order valence-electron chi connectivity index (χ3n) is 12.4. The minimum atomic E-state index is -2.73. The maximum atomic E-state index is 14.6. The number of oxime groups is 1. The predicted octanol–water partition coefficient (Wildman–Crippen LogP) is 3.73. The number of likely N-dealkylation sites (N-methyl/N-ethyl adjacent to an activating group) is 1. The molecule has 2 bridgehead atoms. The van der Waals surface area contributed by atoms with E-state index in [2.05, 4.69) is 20.1 Å². The van der Waals surface area contributed by atoms with Gasteiger partial charge in [0.25, 0.3) is 0 Å². The number of fused-ring (bicyclic) bond motifs is 5. The summed E-state index contributed by atoms with van der Waals surface area (Å²) >= 11 is 1.40. The maximum absolute atomic E-state index is 14.6. The zero-order valence-corrected chi connectivity index (χ0v) is 39.1. The lowest BCUT2D eigenvalue weighted by Gasteiger charge is -2.48. The topological polar surface area (TPSA) is 247 Å². The highest BCUT2D eigenvalue weighted by atomic mass is 32.1. The molecule has 0 unspecified atom stereocenters. The van der Waals surface area contributed by atoms with Gasteiger partial charge in [0.15, 0.2) is 18.7 Å². The molecule has 2 aromatic heterocycles. The van der Waals surface area contributed by atoms with Crippen LogP contribution in [0, 0.1) is 17.8 Å². The first kappa shape index (κ1) is 50.2. The van der Waals surface area contributed by atoms with E-state index in [-0.39, 0.29) is 56.9 Å². The number of ether oxygens (including phenoxy) is 5. The zero-order valence-electron chi connectivity index (χ0n) is 38.3. The number of hydrogen-bond acceptors (Lipinski definition) is 18. The number of amides is 1. The van der Waals surface area contributed by atoms with E-state index in [1.807, 2.05) is 38.9 Å². The second-order valence-corrected chi connectivity index (χ2v) is 18.8. The van der Waals surface area contributed by atoms with E-state index in [0.29, 0.717) is 23.6 Å². The Bertz CT molecular complexity index is 1970. The second-order valence-electron chi connectivity index (χ2n) is 17.9. The lowest BCUT2D eigenvalue weighted by Crippen LogP contribution is -2.62. The summed E-state index contributed by atoms with van der Waals surface area (Å²) in [4.78, 5) is 62.9. The first-order valence-corrected chi connectivity index (χ1v) is 22.5. The Morgan fingerprint density at radius 3 is 2.40 bits per heavy atom. The third kappa shape index (κ3) is 11.4. The molecule has 350 valence electrons. The van der Waals surface area contributed by atoms with Gasteiger partial charge < -0.3 is 54.5 Å². The quantitative estimate of drug-likeness (QED) is 0.159. The number of thiazole rings is 1. The molecule has 19 heteroatoms. The summed E-state index contributed by atoms with van der Waals surface area (Å²) < 4.78 is 32.2. The molecule has 0 aromatic carbocycles. The predicted molar refractivity (Wildman–Crippen MR) is 235 cm³/mol. The number of aromatic nitrogens is 2. The lowest BCUT2D eigenvalue weighted by atomic mass is 9.73. The monoisotopic (exact) mass is 902 g/mol. The van der Waals surface area contributed by atoms with Crippen LogP contribution in [0.5, 0.6) is 0 Å². The highest BCUT2D eigenvalue weighted by Gasteiger charge is 2.56. The SMILES string of the molecule is CCC(=O)N=C1[C@H](C)C[C@@]2(C)OC/C(=N/OCc3ccc(-c4nc(N)cs4)cn3)CO[C@H]([C@H]1C)[C@](C)(O)[C@@H](CC)OC(=O)[C@@](C)(O)C(=O)[C@H](C)[C@H]2O[C@@H]1O[C@H](C)C[C@H](N(C)C)[C@H]1O. The third-order valence-corrected chi connectivity index (χ3v) is 13.4. The number of rotatable bonds is 9. The molecule has 3 fully saturated rings. The number of nitrogens with two attached hydrogens (primary N) is 1. The average Bonchev–Trinajstić information content (AvgIpc) is 3.67. The first-order valence-electron chi connectivity index (χ1n) is 21.6. The molecule has 3 saturated heterocycles. The van der Waals surface area contributed by atoms with Crippen LogP contribution >= 0.6 is 11.3 Å². The van der Waals surface area contributed by atoms with Crippen LogP contribution in [0.3, 0.4) is 0 Å². The number of hydrogen-bond donors (Lipinski definition) is 4. The van der Waals surface area contributed by atoms with Crippen molar-refractivity contribution in [3.63, 3.8) is 0 Å². The van der Waals surface area contributed by atoms with Gasteiger partial charge in [-0.25, -0.2) is 14.8 Å². The largest absolute Gasteiger partial charge is 0.457 e. The Balaban J connectivity index is 1.66. The molecular weight excluding hydrogens is 837 g/mol. The van der Waals surface area contributed by atoms with E-state index in [1.165, 1.54) is 25.2 Å². The minimum absolute atomic E-state index is 0.0404. The van der Waals surface area contributed by atoms with Crippen molar-refractivity contribution in [1.82, 2.24) is 14.9 Å². The molecule has 3 aliphatic heterocycles. The first-order chi connectivity index (χ1) is 29.5. The highest BCUT2D eigenvalue weighted by molar-refractivity contribution is 7.13. The summed E-state index contributed by atoms with van der Waals surface area (Å²) in [6, 6.07) is 3.23. The van der Waals surface area contributed by atoms with Crippen molar-refractivity contribution in [3.8, 4) is 10.6 Å². The normalized spacial score (nSPS) is 37.6. The summed E-state index contributed by atoms with van der Waals surface area (Å²) in [6.45, 7) is 13.9. The number of nitrogens with zero attached hydrogens (tertiary/aromatic N) is 5. The molecule has 0 spiro atoms. The molecular formula is C44H66N6O12S. The number of Topliss-reactive ketones (excluding diaryl/α,β-unsaturated/α-hetero) is 1. The summed E-state index contributed by atoms with van der Waals surface area (Å²) in [7, 11) is 3.66. The van der Waals surface area contributed by atoms with Gasteiger partial charge in [-0.15, -0.1) is 11.3 Å². The van der Waals surface area contributed by atoms with Crippen LogP contribution in [-0.4, -0.2) is 146 Å². The molecule has 0 radical (unpaired) electrons. The van der Waals surface area contributed by atoms with Crippen molar-refractivity contribution in [1.29, 1.82) is 0 Å². The van der Waals surface area contributed by atoms with Crippen molar-refractivity contribution in [2.75, 3.05) is 33.0 Å². The number of pyridine rings is 1. The van der Waals surface area contributed by atoms with Gasteiger partial charge in [-0.05, 0) is 79.1 Å². The van der Waals surface area contributed by atoms with Crippen LogP contribution in [0.25, 0.3) is 10.6 Å². The van der Waals surface area contributed by atoms with Crippen LogP contribution in [0.15, 0.2) is 33.9 Å². The Kier molecular flexibility index (Phi) is 16.4. The van der Waals surface area contributed by atoms with Crippen LogP contribution in [0.2, 0.25) is 0 Å². The van der Waals surface area contributed by atoms with Gasteiger partial charge >= 0.3 is 5.97 Å². The number of ketones is 1. The molecule has 3 aliphatic rings. The molecule has 5 rings (SSSR count). The van der Waals surface area contributed by atoms with E-state index in [1.54, 1.807) is 45.3 Å². The number of carbonyl (C=O) groups is 3. The highest BCUT2D eigenvalue weighted by Crippen LogP contribution is 2.40. The molecule has 13 atom stereocenters. The van der Waals surface area contributed by atoms with Gasteiger partial charge in [-0.3, -0.25) is 14.6 Å². The zero-order chi connectivity index (χ0) is 46.6. The number of anilines is 1. The number of aliphatic hydroxyl groups excluding tert-OH is 1. The van der Waals surface area contributed by atoms with Crippen molar-refractivity contribution in [3.05, 3.63) is 29.4 Å². The maximum Gasteiger partial charge on any atom is 0.346 e. The number of nitrogen functional groups attached to an aromatic ring is 1. The Hall–Kier alpha value is -3.79. The average molecular weight is 903 g/mol. The molecule has 1 amide bonds. The molecule has 5 heterocycles. The summed E-state index contributed by atoms with van der Waals surface area (Å²) in [5.74, 6) is -4.98. The van der Waals surface area contributed by atoms with Gasteiger partial charge in [0.2, 0.25) is 11.5 Å². The van der Waals surface area contributed by atoms with Crippen molar-refractivity contribution in [2.45, 2.75) is 154 Å². The van der Waals surface area contributed by atoms with E-state index >= 15 is 0 Å². The van der Waals surface area contributed by atoms with Crippen molar-refractivity contribution >= 4 is 46.2 Å². The molecule has 2 aromatic rings. The van der Waals surface area contributed by atoms with Crippen molar-refractivity contribution in [2.24, 2.45) is 27.9 Å². The Labute approximate surface area is 373 Å². The smallest absolute Gasteiger partial charge is 0.346 e. The van der Waals surface area contributed by atoms with E-state index < -0.39 is 82.9 Å². The number of esters is 1. The molecule has 5 N–H and O–H groups in total. The molecule has 0 aliphatic carbocycles. The number of carbonyl (C=O) groups excluding carboxylic acids is 3. The van der Waals surface area contributed by atoms with E-state index in [4.69, 9.17) is 34.3 Å². The Morgan fingerprint density at radius 1 is 1.08 bits per heavy atom. The van der Waals surface area contributed by atoms with Crippen molar-refractivity contribution < 1.29 is 58.2 Å². The molecule has 18 nitrogen and oxygen atoms in total. The minimum Gasteiger partial charge on any atom is -0.457 e. The van der Waals surface area contributed by atoms with Crippen LogP contribution in [-0.2, 0) is 49.5 Å². The standard InChI is InChI=1S/C44H66N6O12S/c1-12-31-43(8,55)38-25(5)34(48-33(51)13-2)23(3)17-42(7,58-20-29(19-57-38)49-59-21-28-15-14-27(18-46-28)39-47-32(45)22-63-39)37(26(6)36(53)44(9,56)41(54)61-31)62-40-35(52)30(50(10)11)16-24(4)60-40/h14-15,18,22-26,30-31,35,37-38,40,52,55-56H,12-13,16-17,19-21,45H2,1-11H3/b48-34?,49-29+/t23-,24-,25+,26+,30+,31-,35-,37-,38-,40+,42-,43-,44+/m1/s1. The number of aliphatic imine (C=N–C) groups is 1. The summed E-state index contributed by atoms with van der Waals surface area (Å²) in [5.41, 5.74) is 1.47. The summed E-state index contributed by atoms with van der Waals surface area (Å²) in [5, 5.41) is 42.9. The lowest BCUT2D eigenvalue weighted by molar-refractivity contribution is -0.296. The van der Waals surface area contributed by atoms with Crippen LogP contribution < -0.4 is 5.73 Å². The van der Waals surface area contributed by atoms with Gasteiger partial charge in [-0.1, -0.05) is 39.8 Å². The summed E-state index contributed by atoms with van der Waals surface area (Å²) in [6.07, 6.45) is -4.38. The number of cyclic esters (lactones) is 1. The fraction of sp³-hybridized carbons (Fsp3) is 0.705. The van der Waals surface area contributed by atoms with Gasteiger partial charge in [0.05, 0.1) is 42.8 Å². The fourth-order valence-electron chi connectivity index (χ4n) is 8.92. The van der Waals surface area contributed by atoms with Crippen LogP contribution in [0.1, 0.15) is 93.7 Å². The Morgan fingerprint density at radius 2 is 1.79 bits per heavy atom. The molecule has 63 heavy (non-hydrogen) atoms.